The van der Waals surface area contributed by atoms with Gasteiger partial charge in [0.1, 0.15) is 0 Å². The third kappa shape index (κ3) is 10.5. The zero-order chi connectivity index (χ0) is 14.6. The second-order valence-corrected chi connectivity index (χ2v) is 5.15. The van der Waals surface area contributed by atoms with Gasteiger partial charge < -0.3 is 16.0 Å². The molecular weight excluding hydrogens is 292 g/mol. The standard InChI is InChI=1S/C14H28N4O2.ClH/c1-2-6-16-13(19)4-3-5-14(20)17-9-12-18-10-7-15-8-11-18;/h15H,2-12H2,1H3,(H,16,19)(H,17,20);1H. The average Bonchev–Trinajstić information content (AvgIpc) is 2.46. The molecule has 1 fully saturated rings. The molecule has 0 aromatic carbocycles. The maximum atomic E-state index is 11.6. The van der Waals surface area contributed by atoms with Crippen LogP contribution in [0.25, 0.3) is 0 Å². The van der Waals surface area contributed by atoms with E-state index in [2.05, 4.69) is 20.9 Å². The maximum absolute atomic E-state index is 11.6. The van der Waals surface area contributed by atoms with Crippen molar-refractivity contribution in [3.63, 3.8) is 0 Å². The van der Waals surface area contributed by atoms with Crippen molar-refractivity contribution in [3.8, 4) is 0 Å². The third-order valence-electron chi connectivity index (χ3n) is 3.34. The van der Waals surface area contributed by atoms with E-state index in [1.165, 1.54) is 0 Å². The number of amides is 2. The molecule has 0 aromatic rings. The van der Waals surface area contributed by atoms with Crippen LogP contribution in [0.4, 0.5) is 0 Å². The minimum Gasteiger partial charge on any atom is -0.356 e. The van der Waals surface area contributed by atoms with Crippen LogP contribution in [0, 0.1) is 0 Å². The van der Waals surface area contributed by atoms with Gasteiger partial charge >= 0.3 is 0 Å². The average molecular weight is 321 g/mol. The van der Waals surface area contributed by atoms with Crippen molar-refractivity contribution in [2.45, 2.75) is 32.6 Å². The highest BCUT2D eigenvalue weighted by atomic mass is 35.5. The van der Waals surface area contributed by atoms with Crippen molar-refractivity contribution in [1.29, 1.82) is 0 Å². The van der Waals surface area contributed by atoms with Gasteiger partial charge in [0, 0.05) is 58.7 Å². The van der Waals surface area contributed by atoms with E-state index in [1.807, 2.05) is 6.92 Å². The van der Waals surface area contributed by atoms with Crippen LogP contribution in [0.2, 0.25) is 0 Å². The molecule has 0 atom stereocenters. The van der Waals surface area contributed by atoms with Crippen LogP contribution in [-0.4, -0.2) is 62.5 Å². The lowest BCUT2D eigenvalue weighted by Gasteiger charge is -2.27. The Morgan fingerprint density at radius 1 is 1.05 bits per heavy atom. The number of hydrogen-bond donors (Lipinski definition) is 3. The number of carbonyl (C=O) groups excluding carboxylic acids is 2. The molecule has 0 bridgehead atoms. The van der Waals surface area contributed by atoms with Gasteiger partial charge in [-0.15, -0.1) is 12.4 Å². The van der Waals surface area contributed by atoms with Crippen LogP contribution in [0.15, 0.2) is 0 Å². The fourth-order valence-corrected chi connectivity index (χ4v) is 2.14. The van der Waals surface area contributed by atoms with Crippen molar-refractivity contribution in [3.05, 3.63) is 0 Å². The number of nitrogens with one attached hydrogen (secondary N) is 3. The highest BCUT2D eigenvalue weighted by Gasteiger charge is 2.09. The zero-order valence-corrected chi connectivity index (χ0v) is 13.8. The molecule has 0 saturated carbocycles. The smallest absolute Gasteiger partial charge is 0.220 e. The van der Waals surface area contributed by atoms with E-state index < -0.39 is 0 Å². The lowest BCUT2D eigenvalue weighted by Crippen LogP contribution is -2.46. The van der Waals surface area contributed by atoms with Crippen LogP contribution < -0.4 is 16.0 Å². The zero-order valence-electron chi connectivity index (χ0n) is 13.0. The molecule has 0 aromatic heterocycles. The summed E-state index contributed by atoms with van der Waals surface area (Å²) in [6.07, 6.45) is 2.43. The molecule has 1 aliphatic rings. The van der Waals surface area contributed by atoms with Crippen LogP contribution in [0.3, 0.4) is 0 Å². The van der Waals surface area contributed by atoms with E-state index in [-0.39, 0.29) is 24.2 Å². The summed E-state index contributed by atoms with van der Waals surface area (Å²) in [5.41, 5.74) is 0. The van der Waals surface area contributed by atoms with Crippen molar-refractivity contribution in [2.24, 2.45) is 0 Å². The van der Waals surface area contributed by atoms with Crippen LogP contribution in [-0.2, 0) is 9.59 Å². The fraction of sp³-hybridized carbons (Fsp3) is 0.857. The number of halogens is 1. The lowest BCUT2D eigenvalue weighted by molar-refractivity contribution is -0.122. The Balaban J connectivity index is 0.00000400. The molecule has 0 unspecified atom stereocenters. The first-order valence-corrected chi connectivity index (χ1v) is 7.69. The van der Waals surface area contributed by atoms with Gasteiger partial charge in [-0.2, -0.15) is 0 Å². The number of carbonyl (C=O) groups is 2. The summed E-state index contributed by atoms with van der Waals surface area (Å²) in [4.78, 5) is 25.3. The Morgan fingerprint density at radius 3 is 2.19 bits per heavy atom. The summed E-state index contributed by atoms with van der Waals surface area (Å²) < 4.78 is 0. The summed E-state index contributed by atoms with van der Waals surface area (Å²) in [5, 5.41) is 9.02. The Labute approximate surface area is 133 Å². The summed E-state index contributed by atoms with van der Waals surface area (Å²) >= 11 is 0. The van der Waals surface area contributed by atoms with E-state index in [9.17, 15) is 9.59 Å². The monoisotopic (exact) mass is 320 g/mol. The number of nitrogens with zero attached hydrogens (tertiary/aromatic N) is 1. The first kappa shape index (κ1) is 20.1. The molecule has 0 aliphatic carbocycles. The molecular formula is C14H29ClN4O2. The minimum absolute atomic E-state index is 0. The van der Waals surface area contributed by atoms with Crippen LogP contribution >= 0.6 is 12.4 Å². The quantitative estimate of drug-likeness (QED) is 0.564. The Morgan fingerprint density at radius 2 is 1.62 bits per heavy atom. The van der Waals surface area contributed by atoms with E-state index in [0.717, 1.165) is 45.7 Å². The van der Waals surface area contributed by atoms with E-state index in [0.29, 0.717) is 25.8 Å². The van der Waals surface area contributed by atoms with E-state index in [4.69, 9.17) is 0 Å². The van der Waals surface area contributed by atoms with Crippen molar-refractivity contribution in [1.82, 2.24) is 20.9 Å². The summed E-state index contributed by atoms with van der Waals surface area (Å²) in [6, 6.07) is 0. The Hall–Kier alpha value is -0.850. The van der Waals surface area contributed by atoms with Crippen LogP contribution in [0.1, 0.15) is 32.6 Å². The number of piperazine rings is 1. The van der Waals surface area contributed by atoms with E-state index >= 15 is 0 Å². The second kappa shape index (κ2) is 12.9. The number of hydrogen-bond acceptors (Lipinski definition) is 4. The molecule has 1 heterocycles. The molecule has 21 heavy (non-hydrogen) atoms. The predicted molar refractivity (Wildman–Crippen MR) is 86.7 cm³/mol. The Kier molecular flexibility index (Phi) is 12.3. The molecule has 7 heteroatoms. The normalized spacial score (nSPS) is 15.1. The van der Waals surface area contributed by atoms with Gasteiger partial charge in [-0.3, -0.25) is 14.5 Å². The van der Waals surface area contributed by atoms with Gasteiger partial charge in [0.25, 0.3) is 0 Å². The molecule has 1 aliphatic heterocycles. The van der Waals surface area contributed by atoms with Crippen molar-refractivity contribution in [2.75, 3.05) is 45.8 Å². The fourth-order valence-electron chi connectivity index (χ4n) is 2.14. The first-order chi connectivity index (χ1) is 9.72. The van der Waals surface area contributed by atoms with Crippen molar-refractivity contribution < 1.29 is 9.59 Å². The minimum atomic E-state index is 0. The summed E-state index contributed by atoms with van der Waals surface area (Å²) in [5.74, 6) is 0.0869. The highest BCUT2D eigenvalue weighted by molar-refractivity contribution is 5.85. The SMILES string of the molecule is CCCNC(=O)CCCC(=O)NCCN1CCNCC1.Cl. The molecule has 1 saturated heterocycles. The molecule has 1 rings (SSSR count). The molecule has 3 N–H and O–H groups in total. The van der Waals surface area contributed by atoms with E-state index in [1.54, 1.807) is 0 Å². The Bertz CT molecular complexity index is 297. The van der Waals surface area contributed by atoms with Gasteiger partial charge in [-0.1, -0.05) is 6.92 Å². The number of rotatable bonds is 9. The maximum Gasteiger partial charge on any atom is 0.220 e. The predicted octanol–water partition coefficient (Wildman–Crippen LogP) is 0.126. The van der Waals surface area contributed by atoms with Crippen LogP contribution in [0.5, 0.6) is 0 Å². The van der Waals surface area contributed by atoms with Gasteiger partial charge in [-0.05, 0) is 12.8 Å². The summed E-state index contributed by atoms with van der Waals surface area (Å²) in [6.45, 7) is 8.50. The molecule has 0 radical (unpaired) electrons. The largest absolute Gasteiger partial charge is 0.356 e. The topological polar surface area (TPSA) is 73.5 Å². The lowest BCUT2D eigenvalue weighted by atomic mass is 10.2. The summed E-state index contributed by atoms with van der Waals surface area (Å²) in [7, 11) is 0. The molecule has 124 valence electrons. The van der Waals surface area contributed by atoms with Gasteiger partial charge in [0.05, 0.1) is 0 Å². The first-order valence-electron chi connectivity index (χ1n) is 7.69. The molecule has 6 nitrogen and oxygen atoms in total. The van der Waals surface area contributed by atoms with Gasteiger partial charge in [-0.25, -0.2) is 0 Å². The van der Waals surface area contributed by atoms with Gasteiger partial charge in [0.2, 0.25) is 11.8 Å². The van der Waals surface area contributed by atoms with Gasteiger partial charge in [0.15, 0.2) is 0 Å². The molecule has 2 amide bonds. The molecule has 0 spiro atoms. The second-order valence-electron chi connectivity index (χ2n) is 5.15. The highest BCUT2D eigenvalue weighted by Crippen LogP contribution is 1.96. The third-order valence-corrected chi connectivity index (χ3v) is 3.34. The van der Waals surface area contributed by atoms with Crippen molar-refractivity contribution >= 4 is 24.2 Å².